The van der Waals surface area contributed by atoms with E-state index in [1.807, 2.05) is 0 Å². The zero-order valence-corrected chi connectivity index (χ0v) is 11.7. The van der Waals surface area contributed by atoms with E-state index in [0.717, 1.165) is 23.7 Å². The summed E-state index contributed by atoms with van der Waals surface area (Å²) in [6, 6.07) is 0. The molecule has 0 aliphatic rings. The Hall–Kier alpha value is 0. The minimum Gasteiger partial charge on any atom is -0.0651 e. The van der Waals surface area contributed by atoms with Gasteiger partial charge >= 0.3 is 0 Å². The second-order valence-electron chi connectivity index (χ2n) is 5.65. The van der Waals surface area contributed by atoms with E-state index in [1.165, 1.54) is 12.8 Å². The van der Waals surface area contributed by atoms with Gasteiger partial charge in [0.2, 0.25) is 0 Å². The summed E-state index contributed by atoms with van der Waals surface area (Å²) in [4.78, 5) is 0. The minimum absolute atomic E-state index is 0.866. The normalized spacial score (nSPS) is 13.1. The van der Waals surface area contributed by atoms with Crippen molar-refractivity contribution in [3.63, 3.8) is 0 Å². The molecule has 0 heterocycles. The van der Waals surface area contributed by atoms with Gasteiger partial charge in [-0.2, -0.15) is 0 Å². The Bertz CT molecular complexity index is 94.6. The highest BCUT2D eigenvalue weighted by atomic mass is 14.1. The maximum atomic E-state index is 2.30. The van der Waals surface area contributed by atoms with Crippen LogP contribution in [0.4, 0.5) is 0 Å². The summed E-state index contributed by atoms with van der Waals surface area (Å²) in [5, 5.41) is 0. The molecule has 0 amide bonds. The van der Waals surface area contributed by atoms with E-state index in [1.54, 1.807) is 0 Å². The van der Waals surface area contributed by atoms with Gasteiger partial charge in [-0.25, -0.2) is 0 Å². The highest BCUT2D eigenvalue weighted by molar-refractivity contribution is 4.52. The van der Waals surface area contributed by atoms with Gasteiger partial charge in [0, 0.05) is 0 Å². The molecule has 0 rings (SSSR count). The summed E-state index contributed by atoms with van der Waals surface area (Å²) in [5.74, 6) is 3.52. The van der Waals surface area contributed by atoms with Crippen molar-refractivity contribution in [1.82, 2.24) is 0 Å². The summed E-state index contributed by atoms with van der Waals surface area (Å²) in [6.45, 7) is 18.1. The van der Waals surface area contributed by atoms with Crippen LogP contribution in [-0.4, -0.2) is 0 Å². The quantitative estimate of drug-likeness (QED) is 0.572. The molecular weight excluding hydrogens is 168 g/mol. The molecule has 0 aromatic heterocycles. The molecule has 0 aliphatic carbocycles. The van der Waals surface area contributed by atoms with Crippen LogP contribution in [0, 0.1) is 23.7 Å². The van der Waals surface area contributed by atoms with Crippen LogP contribution in [-0.2, 0) is 0 Å². The molecule has 0 fully saturated rings. The highest BCUT2D eigenvalue weighted by Crippen LogP contribution is 2.11. The summed E-state index contributed by atoms with van der Waals surface area (Å²) >= 11 is 0. The van der Waals surface area contributed by atoms with Gasteiger partial charge in [0.15, 0.2) is 0 Å². The Balaban J connectivity index is 0. The van der Waals surface area contributed by atoms with Crippen molar-refractivity contribution < 1.29 is 0 Å². The van der Waals surface area contributed by atoms with E-state index >= 15 is 0 Å². The molecule has 0 aromatic rings. The second-order valence-corrected chi connectivity index (χ2v) is 5.65. The van der Waals surface area contributed by atoms with Crippen molar-refractivity contribution in [1.29, 1.82) is 0 Å². The standard InChI is InChI=1S/2C7H16/c1-6(2)5-7(3)4;1-5-7(4)6(2)3/h2*6-7H,5H2,1-4H3. The smallest absolute Gasteiger partial charge is 0.0422 e. The Kier molecular flexibility index (Phi) is 11.2. The van der Waals surface area contributed by atoms with Gasteiger partial charge in [-0.05, 0) is 30.1 Å². The van der Waals surface area contributed by atoms with E-state index in [2.05, 4.69) is 55.4 Å². The molecule has 1 atom stereocenters. The SMILES string of the molecule is CC(C)CC(C)C.CCC(C)C(C)C. The van der Waals surface area contributed by atoms with Crippen molar-refractivity contribution >= 4 is 0 Å². The molecule has 0 N–H and O–H groups in total. The third-order valence-electron chi connectivity index (χ3n) is 2.72. The third kappa shape index (κ3) is 14.5. The molecule has 0 spiro atoms. The topological polar surface area (TPSA) is 0 Å². The van der Waals surface area contributed by atoms with Crippen molar-refractivity contribution in [3.05, 3.63) is 0 Å². The average molecular weight is 200 g/mol. The largest absolute Gasteiger partial charge is 0.0651 e. The molecule has 0 saturated carbocycles. The second kappa shape index (κ2) is 9.55. The van der Waals surface area contributed by atoms with Crippen LogP contribution in [0.25, 0.3) is 0 Å². The molecular formula is C14H32. The number of hydrogen-bond donors (Lipinski definition) is 0. The van der Waals surface area contributed by atoms with Crippen LogP contribution in [0.3, 0.4) is 0 Å². The molecule has 0 saturated heterocycles. The lowest BCUT2D eigenvalue weighted by molar-refractivity contribution is 0.407. The summed E-state index contributed by atoms with van der Waals surface area (Å²) < 4.78 is 0. The first-order chi connectivity index (χ1) is 6.31. The maximum absolute atomic E-state index is 2.30. The van der Waals surface area contributed by atoms with Crippen LogP contribution in [0.1, 0.15) is 68.2 Å². The minimum atomic E-state index is 0.866. The Morgan fingerprint density at radius 2 is 1.07 bits per heavy atom. The van der Waals surface area contributed by atoms with E-state index < -0.39 is 0 Å². The lowest BCUT2D eigenvalue weighted by Crippen LogP contribution is -2.00. The van der Waals surface area contributed by atoms with Crippen molar-refractivity contribution in [2.75, 3.05) is 0 Å². The molecule has 1 unspecified atom stereocenters. The van der Waals surface area contributed by atoms with E-state index in [9.17, 15) is 0 Å². The Labute approximate surface area is 92.5 Å². The van der Waals surface area contributed by atoms with Crippen LogP contribution in [0.5, 0.6) is 0 Å². The van der Waals surface area contributed by atoms with Crippen LogP contribution < -0.4 is 0 Å². The van der Waals surface area contributed by atoms with E-state index in [4.69, 9.17) is 0 Å². The van der Waals surface area contributed by atoms with Crippen molar-refractivity contribution in [2.45, 2.75) is 68.2 Å². The molecule has 0 aliphatic heterocycles. The van der Waals surface area contributed by atoms with Crippen molar-refractivity contribution in [2.24, 2.45) is 23.7 Å². The average Bonchev–Trinajstić information content (AvgIpc) is 2.01. The van der Waals surface area contributed by atoms with Gasteiger partial charge in [0.05, 0.1) is 0 Å². The fraction of sp³-hybridized carbons (Fsp3) is 1.00. The first-order valence-corrected chi connectivity index (χ1v) is 6.31. The third-order valence-corrected chi connectivity index (χ3v) is 2.72. The molecule has 0 heteroatoms. The Morgan fingerprint density at radius 3 is 1.07 bits per heavy atom. The summed E-state index contributed by atoms with van der Waals surface area (Å²) in [7, 11) is 0. The molecule has 14 heavy (non-hydrogen) atoms. The maximum Gasteiger partial charge on any atom is -0.0422 e. The number of rotatable bonds is 4. The van der Waals surface area contributed by atoms with Gasteiger partial charge < -0.3 is 0 Å². The summed E-state index contributed by atoms with van der Waals surface area (Å²) in [5.41, 5.74) is 0. The van der Waals surface area contributed by atoms with Gasteiger partial charge in [-0.1, -0.05) is 61.8 Å². The van der Waals surface area contributed by atoms with Crippen LogP contribution in [0.15, 0.2) is 0 Å². The first-order valence-electron chi connectivity index (χ1n) is 6.31. The van der Waals surface area contributed by atoms with Gasteiger partial charge in [0.1, 0.15) is 0 Å². The van der Waals surface area contributed by atoms with E-state index in [-0.39, 0.29) is 0 Å². The Morgan fingerprint density at radius 1 is 0.714 bits per heavy atom. The fourth-order valence-electron chi connectivity index (χ4n) is 1.41. The molecule has 0 radical (unpaired) electrons. The lowest BCUT2D eigenvalue weighted by Gasteiger charge is -2.10. The lowest BCUT2D eigenvalue weighted by atomic mass is 9.96. The van der Waals surface area contributed by atoms with Gasteiger partial charge in [0.25, 0.3) is 0 Å². The predicted molar refractivity (Wildman–Crippen MR) is 68.6 cm³/mol. The highest BCUT2D eigenvalue weighted by Gasteiger charge is 2.01. The van der Waals surface area contributed by atoms with Crippen LogP contribution in [0.2, 0.25) is 0 Å². The monoisotopic (exact) mass is 200 g/mol. The molecule has 0 bridgehead atoms. The zero-order valence-electron chi connectivity index (χ0n) is 11.7. The van der Waals surface area contributed by atoms with Crippen molar-refractivity contribution in [3.8, 4) is 0 Å². The zero-order chi connectivity index (χ0) is 11.7. The van der Waals surface area contributed by atoms with Gasteiger partial charge in [-0.15, -0.1) is 0 Å². The first kappa shape index (κ1) is 16.4. The summed E-state index contributed by atoms with van der Waals surface area (Å²) in [6.07, 6.45) is 2.68. The number of hydrogen-bond acceptors (Lipinski definition) is 0. The van der Waals surface area contributed by atoms with E-state index in [0.29, 0.717) is 0 Å². The molecule has 88 valence electrons. The fourth-order valence-corrected chi connectivity index (χ4v) is 1.41. The van der Waals surface area contributed by atoms with Crippen LogP contribution >= 0.6 is 0 Å². The molecule has 0 nitrogen and oxygen atoms in total. The predicted octanol–water partition coefficient (Wildman–Crippen LogP) is 5.38. The van der Waals surface area contributed by atoms with Gasteiger partial charge in [-0.3, -0.25) is 0 Å². The molecule has 0 aromatic carbocycles.